The molecule has 4 aromatic heterocycles. The first-order valence-corrected chi connectivity index (χ1v) is 13.0. The van der Waals surface area contributed by atoms with Gasteiger partial charge in [0.05, 0.1) is 64.5 Å². The van der Waals surface area contributed by atoms with Crippen molar-refractivity contribution < 1.29 is 19.0 Å². The van der Waals surface area contributed by atoms with Gasteiger partial charge in [-0.05, 0) is 54.8 Å². The number of nitrogens with one attached hydrogen (secondary N) is 1. The molecule has 1 atom stereocenters. The third kappa shape index (κ3) is 5.06. The van der Waals surface area contributed by atoms with Gasteiger partial charge in [-0.3, -0.25) is 9.48 Å². The van der Waals surface area contributed by atoms with Gasteiger partial charge in [0.25, 0.3) is 5.91 Å². The zero-order chi connectivity index (χ0) is 28.0. The number of methoxy groups -OCH3 is 1. The van der Waals surface area contributed by atoms with E-state index in [0.717, 1.165) is 35.7 Å². The van der Waals surface area contributed by atoms with Crippen LogP contribution in [0.3, 0.4) is 0 Å². The molecule has 0 spiro atoms. The molecule has 1 aliphatic carbocycles. The Labute approximate surface area is 232 Å². The molecular formula is C26H25ClFN9O3. The Morgan fingerprint density at radius 1 is 1.27 bits per heavy atom. The number of aliphatic hydroxyl groups excluding tert-OH is 1. The minimum absolute atomic E-state index is 0.0278. The van der Waals surface area contributed by atoms with Gasteiger partial charge in [0.15, 0.2) is 0 Å². The highest BCUT2D eigenvalue weighted by atomic mass is 35.5. The van der Waals surface area contributed by atoms with Gasteiger partial charge in [-0.15, -0.1) is 10.2 Å². The fourth-order valence-electron chi connectivity index (χ4n) is 4.48. The number of anilines is 1. The first-order chi connectivity index (χ1) is 19.3. The fraction of sp³-hybridized carbons (Fsp3) is 0.308. The monoisotopic (exact) mass is 565 g/mol. The highest BCUT2D eigenvalue weighted by molar-refractivity contribution is 6.34. The van der Waals surface area contributed by atoms with E-state index in [-0.39, 0.29) is 41.3 Å². The Bertz CT molecular complexity index is 1730. The molecule has 206 valence electrons. The summed E-state index contributed by atoms with van der Waals surface area (Å²) in [5.41, 5.74) is 3.55. The number of aliphatic hydroxyl groups is 1. The Balaban J connectivity index is 1.27. The predicted octanol–water partition coefficient (Wildman–Crippen LogP) is 3.55. The quantitative estimate of drug-likeness (QED) is 0.277. The lowest BCUT2D eigenvalue weighted by molar-refractivity contribution is 0.0513. The van der Waals surface area contributed by atoms with Crippen molar-refractivity contribution in [2.45, 2.75) is 38.5 Å². The molecule has 6 rings (SSSR count). The van der Waals surface area contributed by atoms with E-state index in [4.69, 9.17) is 16.3 Å². The summed E-state index contributed by atoms with van der Waals surface area (Å²) < 4.78 is 23.0. The van der Waals surface area contributed by atoms with E-state index in [2.05, 4.69) is 30.9 Å². The van der Waals surface area contributed by atoms with Crippen LogP contribution in [0.25, 0.3) is 28.0 Å². The van der Waals surface area contributed by atoms with Gasteiger partial charge >= 0.3 is 0 Å². The van der Waals surface area contributed by atoms with Crippen molar-refractivity contribution in [3.8, 4) is 22.5 Å². The first kappa shape index (κ1) is 26.0. The van der Waals surface area contributed by atoms with Crippen molar-refractivity contribution in [1.82, 2.24) is 39.6 Å². The van der Waals surface area contributed by atoms with E-state index >= 15 is 0 Å². The second-order valence-corrected chi connectivity index (χ2v) is 10.1. The van der Waals surface area contributed by atoms with E-state index in [1.165, 1.54) is 24.2 Å². The minimum Gasteiger partial charge on any atom is -0.389 e. The van der Waals surface area contributed by atoms with Crippen LogP contribution in [-0.2, 0) is 11.3 Å². The Morgan fingerprint density at radius 3 is 2.88 bits per heavy atom. The van der Waals surface area contributed by atoms with Crippen molar-refractivity contribution in [3.05, 3.63) is 65.0 Å². The number of ether oxygens (including phenoxy) is 1. The summed E-state index contributed by atoms with van der Waals surface area (Å²) >= 11 is 6.29. The molecular weight excluding hydrogens is 541 g/mol. The Morgan fingerprint density at radius 2 is 2.10 bits per heavy atom. The number of tetrazole rings is 1. The van der Waals surface area contributed by atoms with Gasteiger partial charge in [0.2, 0.25) is 5.82 Å². The molecule has 1 amide bonds. The topological polar surface area (TPSA) is 137 Å². The van der Waals surface area contributed by atoms with Crippen molar-refractivity contribution in [1.29, 1.82) is 0 Å². The van der Waals surface area contributed by atoms with Gasteiger partial charge in [-0.25, -0.2) is 8.91 Å². The van der Waals surface area contributed by atoms with Gasteiger partial charge in [-0.1, -0.05) is 11.6 Å². The molecule has 14 heteroatoms. The lowest BCUT2D eigenvalue weighted by Gasteiger charge is -2.09. The van der Waals surface area contributed by atoms with E-state index < -0.39 is 17.8 Å². The largest absolute Gasteiger partial charge is 0.389 e. The molecule has 4 heterocycles. The fourth-order valence-corrected chi connectivity index (χ4v) is 4.68. The Kier molecular flexibility index (Phi) is 6.78. The second kappa shape index (κ2) is 10.4. The number of benzene rings is 1. The normalized spacial score (nSPS) is 14.1. The summed E-state index contributed by atoms with van der Waals surface area (Å²) in [7, 11) is 1.53. The number of rotatable bonds is 9. The highest BCUT2D eigenvalue weighted by Gasteiger charge is 2.27. The van der Waals surface area contributed by atoms with Crippen LogP contribution >= 0.6 is 11.6 Å². The summed E-state index contributed by atoms with van der Waals surface area (Å²) in [5, 5.41) is 33.9. The maximum atomic E-state index is 14.8. The molecule has 12 nitrogen and oxygen atoms in total. The zero-order valence-electron chi connectivity index (χ0n) is 21.6. The highest BCUT2D eigenvalue weighted by Crippen LogP contribution is 2.35. The number of aromatic nitrogens is 8. The van der Waals surface area contributed by atoms with Gasteiger partial charge in [0.1, 0.15) is 5.82 Å². The van der Waals surface area contributed by atoms with Crippen LogP contribution in [0.15, 0.2) is 42.9 Å². The summed E-state index contributed by atoms with van der Waals surface area (Å²) in [5.74, 6) is -0.983. The molecule has 1 aliphatic rings. The number of hydrogen-bond donors (Lipinski definition) is 2. The third-order valence-electron chi connectivity index (χ3n) is 6.63. The standard InChI is InChI=1S/C26H25ClFN9O3/c1-14-20(12-35(32-14)11-17(38)13-40-2)15-5-6-36-24(7-15)19(10-29-36)26(39)30-23-8-18(22(28)9-21(23)27)25-31-34-37(33-25)16-3-4-16/h5-10,12,16-17,38H,3-4,11,13H2,1-2H3,(H,30,39)/t17-/m0/s1. The molecule has 40 heavy (non-hydrogen) atoms. The number of hydrogen-bond acceptors (Lipinski definition) is 8. The smallest absolute Gasteiger partial charge is 0.259 e. The molecule has 1 fully saturated rings. The van der Waals surface area contributed by atoms with Crippen molar-refractivity contribution in [2.75, 3.05) is 19.0 Å². The zero-order valence-corrected chi connectivity index (χ0v) is 22.4. The number of pyridine rings is 1. The van der Waals surface area contributed by atoms with E-state index in [1.807, 2.05) is 25.3 Å². The van der Waals surface area contributed by atoms with Crippen LogP contribution in [0, 0.1) is 12.7 Å². The number of aryl methyl sites for hydroxylation is 1. The lowest BCUT2D eigenvalue weighted by atomic mass is 10.1. The van der Waals surface area contributed by atoms with Crippen LogP contribution in [0.2, 0.25) is 5.02 Å². The van der Waals surface area contributed by atoms with Crippen LogP contribution in [0.4, 0.5) is 10.1 Å². The number of amides is 1. The van der Waals surface area contributed by atoms with Crippen LogP contribution < -0.4 is 5.32 Å². The van der Waals surface area contributed by atoms with Crippen molar-refractivity contribution in [3.63, 3.8) is 0 Å². The minimum atomic E-state index is -0.690. The summed E-state index contributed by atoms with van der Waals surface area (Å²) in [4.78, 5) is 14.8. The van der Waals surface area contributed by atoms with Gasteiger partial charge in [-0.2, -0.15) is 15.0 Å². The number of halogens is 2. The summed E-state index contributed by atoms with van der Waals surface area (Å²) in [6, 6.07) is 6.41. The predicted molar refractivity (Wildman–Crippen MR) is 143 cm³/mol. The molecule has 0 saturated heterocycles. The second-order valence-electron chi connectivity index (χ2n) is 9.69. The molecule has 2 N–H and O–H groups in total. The average Bonchev–Trinajstić information content (AvgIpc) is 3.32. The molecule has 1 aromatic carbocycles. The number of carbonyl (C=O) groups excluding carboxylic acids is 1. The van der Waals surface area contributed by atoms with Gasteiger partial charge < -0.3 is 15.2 Å². The summed E-state index contributed by atoms with van der Waals surface area (Å²) in [6.45, 7) is 2.35. The lowest BCUT2D eigenvalue weighted by Crippen LogP contribution is -2.21. The number of fused-ring (bicyclic) bond motifs is 1. The first-order valence-electron chi connectivity index (χ1n) is 12.6. The summed E-state index contributed by atoms with van der Waals surface area (Å²) in [6.07, 6.45) is 6.26. The molecule has 0 radical (unpaired) electrons. The number of nitrogens with zero attached hydrogens (tertiary/aromatic N) is 8. The van der Waals surface area contributed by atoms with E-state index in [0.29, 0.717) is 11.1 Å². The maximum Gasteiger partial charge on any atom is 0.259 e. The number of carbonyl (C=O) groups is 1. The van der Waals surface area contributed by atoms with E-state index in [1.54, 1.807) is 15.4 Å². The average molecular weight is 566 g/mol. The molecule has 5 aromatic rings. The molecule has 0 unspecified atom stereocenters. The third-order valence-corrected chi connectivity index (χ3v) is 6.94. The molecule has 1 saturated carbocycles. The maximum absolute atomic E-state index is 14.8. The van der Waals surface area contributed by atoms with Crippen molar-refractivity contribution >= 4 is 28.7 Å². The van der Waals surface area contributed by atoms with Crippen molar-refractivity contribution in [2.24, 2.45) is 0 Å². The van der Waals surface area contributed by atoms with Gasteiger partial charge in [0, 0.05) is 25.1 Å². The molecule has 0 aliphatic heterocycles. The SMILES string of the molecule is COC[C@@H](O)Cn1cc(-c2ccn3ncc(C(=O)Nc4cc(-c5nnn(C6CC6)n5)c(F)cc4Cl)c3c2)c(C)n1. The van der Waals surface area contributed by atoms with Crippen LogP contribution in [-0.4, -0.2) is 70.4 Å². The van der Waals surface area contributed by atoms with Crippen LogP contribution in [0.5, 0.6) is 0 Å². The Hall–Kier alpha value is -4.20. The van der Waals surface area contributed by atoms with Crippen LogP contribution in [0.1, 0.15) is 34.9 Å². The molecule has 0 bridgehead atoms. The van der Waals surface area contributed by atoms with E-state index in [9.17, 15) is 14.3 Å².